The summed E-state index contributed by atoms with van der Waals surface area (Å²) in [6, 6.07) is 0.572. The summed E-state index contributed by atoms with van der Waals surface area (Å²) in [6.07, 6.45) is 3.18. The highest BCUT2D eigenvalue weighted by Crippen LogP contribution is 2.32. The van der Waals surface area contributed by atoms with Crippen LogP contribution in [0.5, 0.6) is 0 Å². The van der Waals surface area contributed by atoms with Gasteiger partial charge in [0.15, 0.2) is 0 Å². The molecule has 4 rings (SSSR count). The van der Waals surface area contributed by atoms with Gasteiger partial charge in [-0.3, -0.25) is 4.79 Å². The minimum atomic E-state index is 0.00759. The largest absolute Gasteiger partial charge is 0.335 e. The summed E-state index contributed by atoms with van der Waals surface area (Å²) >= 11 is 1.44. The van der Waals surface area contributed by atoms with Gasteiger partial charge in [-0.05, 0) is 19.3 Å². The van der Waals surface area contributed by atoms with Crippen molar-refractivity contribution in [3.63, 3.8) is 0 Å². The van der Waals surface area contributed by atoms with Gasteiger partial charge in [0, 0.05) is 37.0 Å². The number of rotatable bonds is 2. The highest BCUT2D eigenvalue weighted by Gasteiger charge is 2.45. The van der Waals surface area contributed by atoms with Gasteiger partial charge in [0.2, 0.25) is 0 Å². The molecule has 6 nitrogen and oxygen atoms in total. The van der Waals surface area contributed by atoms with Crippen LogP contribution >= 0.6 is 11.3 Å². The molecule has 3 aliphatic rings. The highest BCUT2D eigenvalue weighted by atomic mass is 32.1. The Hall–Kier alpha value is -1.63. The van der Waals surface area contributed by atoms with E-state index in [9.17, 15) is 9.59 Å². The topological polar surface area (TPSA) is 65.5 Å². The molecule has 0 unspecified atom stereocenters. The Labute approximate surface area is 127 Å². The average Bonchev–Trinajstić information content (AvgIpc) is 2.94. The maximum absolute atomic E-state index is 12.5. The number of likely N-dealkylation sites (tertiary alicyclic amines) is 2. The van der Waals surface area contributed by atoms with Crippen molar-refractivity contribution in [3.8, 4) is 0 Å². The molecule has 0 radical (unpaired) electrons. The van der Waals surface area contributed by atoms with Crippen LogP contribution in [-0.4, -0.2) is 58.4 Å². The van der Waals surface area contributed by atoms with Gasteiger partial charge in [-0.1, -0.05) is 0 Å². The van der Waals surface area contributed by atoms with Gasteiger partial charge >= 0.3 is 6.03 Å². The number of hydrogen-bond donors (Lipinski definition) is 1. The van der Waals surface area contributed by atoms with Crippen LogP contribution in [0.4, 0.5) is 4.79 Å². The predicted octanol–water partition coefficient (Wildman–Crippen LogP) is 1.16. The minimum absolute atomic E-state index is 0.00759. The first-order chi connectivity index (χ1) is 10.2. The smallest absolute Gasteiger partial charge is 0.317 e. The van der Waals surface area contributed by atoms with Gasteiger partial charge in [-0.25, -0.2) is 9.78 Å². The molecular formula is C14H18N4O2S. The summed E-state index contributed by atoms with van der Waals surface area (Å²) in [4.78, 5) is 32.5. The van der Waals surface area contributed by atoms with Crippen molar-refractivity contribution in [2.75, 3.05) is 19.6 Å². The molecule has 1 N–H and O–H groups in total. The van der Waals surface area contributed by atoms with E-state index < -0.39 is 0 Å². The quantitative estimate of drug-likeness (QED) is 0.892. The number of aromatic nitrogens is 1. The Bertz CT molecular complexity index is 557. The molecule has 112 valence electrons. The van der Waals surface area contributed by atoms with Crippen LogP contribution in [0.15, 0.2) is 10.9 Å². The third kappa shape index (κ3) is 2.39. The summed E-state index contributed by atoms with van der Waals surface area (Å²) in [7, 11) is 0. The fourth-order valence-corrected chi connectivity index (χ4v) is 3.86. The average molecular weight is 306 g/mol. The number of fused-ring (bicyclic) bond motifs is 1. The van der Waals surface area contributed by atoms with Gasteiger partial charge in [0.05, 0.1) is 11.6 Å². The van der Waals surface area contributed by atoms with Crippen LogP contribution in [0.2, 0.25) is 0 Å². The lowest BCUT2D eigenvalue weighted by atomic mass is 10.1. The fraction of sp³-hybridized carbons (Fsp3) is 0.643. The summed E-state index contributed by atoms with van der Waals surface area (Å²) in [6.45, 7) is 2.20. The molecule has 2 saturated heterocycles. The first-order valence-corrected chi connectivity index (χ1v) is 8.41. The van der Waals surface area contributed by atoms with E-state index in [4.69, 9.17) is 0 Å². The molecule has 3 fully saturated rings. The third-order valence-electron chi connectivity index (χ3n) is 4.65. The number of urea groups is 1. The lowest BCUT2D eigenvalue weighted by Gasteiger charge is -2.24. The van der Waals surface area contributed by atoms with E-state index in [2.05, 4.69) is 10.3 Å². The van der Waals surface area contributed by atoms with Crippen molar-refractivity contribution < 1.29 is 9.59 Å². The molecular weight excluding hydrogens is 288 g/mol. The molecule has 2 atom stereocenters. The van der Waals surface area contributed by atoms with E-state index in [1.165, 1.54) is 11.3 Å². The molecule has 3 amide bonds. The van der Waals surface area contributed by atoms with Gasteiger partial charge < -0.3 is 15.1 Å². The van der Waals surface area contributed by atoms with E-state index in [0.29, 0.717) is 24.2 Å². The summed E-state index contributed by atoms with van der Waals surface area (Å²) < 4.78 is 0. The molecule has 3 heterocycles. The summed E-state index contributed by atoms with van der Waals surface area (Å²) in [5, 5.41) is 4.82. The van der Waals surface area contributed by atoms with Crippen LogP contribution in [0.1, 0.15) is 29.8 Å². The first kappa shape index (κ1) is 13.1. The second-order valence-corrected chi connectivity index (χ2v) is 6.84. The summed E-state index contributed by atoms with van der Waals surface area (Å²) in [5.74, 6) is 0.422. The number of carbonyl (C=O) groups excluding carboxylic acids is 2. The molecule has 21 heavy (non-hydrogen) atoms. The molecule has 1 aliphatic carbocycles. The van der Waals surface area contributed by atoms with E-state index in [1.54, 1.807) is 10.9 Å². The Morgan fingerprint density at radius 3 is 2.86 bits per heavy atom. The second-order valence-electron chi connectivity index (χ2n) is 6.12. The zero-order chi connectivity index (χ0) is 14.4. The normalized spacial score (nSPS) is 27.8. The van der Waals surface area contributed by atoms with Crippen LogP contribution in [-0.2, 0) is 0 Å². The van der Waals surface area contributed by atoms with Crippen molar-refractivity contribution in [1.29, 1.82) is 0 Å². The number of nitrogens with zero attached hydrogens (tertiary/aromatic N) is 3. The van der Waals surface area contributed by atoms with Gasteiger partial charge in [-0.15, -0.1) is 11.3 Å². The highest BCUT2D eigenvalue weighted by molar-refractivity contribution is 7.07. The van der Waals surface area contributed by atoms with Crippen LogP contribution in [0.25, 0.3) is 0 Å². The molecule has 0 bridgehead atoms. The molecule has 1 aromatic heterocycles. The number of nitrogens with one attached hydrogen (secondary N) is 1. The van der Waals surface area contributed by atoms with Crippen LogP contribution < -0.4 is 5.32 Å². The Morgan fingerprint density at radius 2 is 2.14 bits per heavy atom. The molecule has 0 spiro atoms. The molecule has 0 aromatic carbocycles. The second kappa shape index (κ2) is 4.98. The third-order valence-corrected chi connectivity index (χ3v) is 5.24. The number of hydrogen-bond acceptors (Lipinski definition) is 4. The Kier molecular flexibility index (Phi) is 3.10. The predicted molar refractivity (Wildman–Crippen MR) is 78.2 cm³/mol. The standard InChI is InChI=1S/C14H18N4O2S/c19-13(11-7-21-8-15-11)18-4-3-9-5-17(6-12(9)18)14(20)16-10-1-2-10/h7-10,12H,1-6H2,(H,16,20)/t9-,12+/m1/s1. The Balaban J connectivity index is 1.43. The zero-order valence-corrected chi connectivity index (χ0v) is 12.5. The van der Waals surface area contributed by atoms with E-state index in [0.717, 1.165) is 32.4 Å². The van der Waals surface area contributed by atoms with Crippen molar-refractivity contribution in [3.05, 3.63) is 16.6 Å². The number of thiazole rings is 1. The van der Waals surface area contributed by atoms with E-state index >= 15 is 0 Å². The zero-order valence-electron chi connectivity index (χ0n) is 11.7. The Morgan fingerprint density at radius 1 is 1.29 bits per heavy atom. The molecule has 2 aliphatic heterocycles. The molecule has 1 aromatic rings. The number of carbonyl (C=O) groups is 2. The van der Waals surface area contributed by atoms with Crippen molar-refractivity contribution in [1.82, 2.24) is 20.1 Å². The number of amides is 3. The SMILES string of the molecule is O=C(NC1CC1)N1C[C@H]2CCN(C(=O)c3cscn3)[C@H]2C1. The maximum atomic E-state index is 12.5. The van der Waals surface area contributed by atoms with Crippen molar-refractivity contribution in [2.45, 2.75) is 31.3 Å². The van der Waals surface area contributed by atoms with Gasteiger partial charge in [0.1, 0.15) is 5.69 Å². The van der Waals surface area contributed by atoms with Crippen LogP contribution in [0.3, 0.4) is 0 Å². The van der Waals surface area contributed by atoms with Gasteiger partial charge in [-0.2, -0.15) is 0 Å². The summed E-state index contributed by atoms with van der Waals surface area (Å²) in [5.41, 5.74) is 2.21. The maximum Gasteiger partial charge on any atom is 0.317 e. The molecule has 7 heteroatoms. The van der Waals surface area contributed by atoms with Crippen molar-refractivity contribution >= 4 is 23.3 Å². The van der Waals surface area contributed by atoms with Gasteiger partial charge in [0.25, 0.3) is 5.91 Å². The lowest BCUT2D eigenvalue weighted by molar-refractivity contribution is 0.0724. The molecule has 1 saturated carbocycles. The lowest BCUT2D eigenvalue weighted by Crippen LogP contribution is -2.44. The monoisotopic (exact) mass is 306 g/mol. The fourth-order valence-electron chi connectivity index (χ4n) is 3.34. The van der Waals surface area contributed by atoms with E-state index in [1.807, 2.05) is 9.80 Å². The van der Waals surface area contributed by atoms with Crippen LogP contribution in [0, 0.1) is 5.92 Å². The first-order valence-electron chi connectivity index (χ1n) is 7.47. The van der Waals surface area contributed by atoms with Crippen molar-refractivity contribution in [2.24, 2.45) is 5.92 Å². The minimum Gasteiger partial charge on any atom is -0.335 e. The van der Waals surface area contributed by atoms with E-state index in [-0.39, 0.29) is 18.0 Å².